The highest BCUT2D eigenvalue weighted by molar-refractivity contribution is 6.39. The monoisotopic (exact) mass is 347 g/mol. The predicted molar refractivity (Wildman–Crippen MR) is 91.6 cm³/mol. The number of nitrogens with zero attached hydrogens (tertiary/aromatic N) is 1. The molecule has 5 nitrogen and oxygen atoms in total. The molecule has 0 unspecified atom stereocenters. The molecule has 0 saturated carbocycles. The SMILES string of the molecule is CCc1ccccc1NC(=O)C(=O)N/N=C/c1c(F)cccc1Cl. The summed E-state index contributed by atoms with van der Waals surface area (Å²) >= 11 is 5.82. The van der Waals surface area contributed by atoms with E-state index >= 15 is 0 Å². The molecule has 0 aliphatic heterocycles. The van der Waals surface area contributed by atoms with E-state index in [0.717, 1.165) is 11.8 Å². The highest BCUT2D eigenvalue weighted by atomic mass is 35.5. The van der Waals surface area contributed by atoms with Gasteiger partial charge in [-0.2, -0.15) is 5.10 Å². The molecule has 0 bridgehead atoms. The molecule has 0 heterocycles. The van der Waals surface area contributed by atoms with Crippen LogP contribution in [-0.2, 0) is 16.0 Å². The molecule has 0 radical (unpaired) electrons. The van der Waals surface area contributed by atoms with E-state index in [1.165, 1.54) is 18.2 Å². The third kappa shape index (κ3) is 4.39. The minimum atomic E-state index is -0.968. The highest BCUT2D eigenvalue weighted by Gasteiger charge is 2.14. The lowest BCUT2D eigenvalue weighted by atomic mass is 10.1. The minimum Gasteiger partial charge on any atom is -0.317 e. The Kier molecular flexibility index (Phi) is 6.03. The molecule has 2 N–H and O–H groups in total. The topological polar surface area (TPSA) is 70.6 Å². The molecule has 0 aliphatic carbocycles. The van der Waals surface area contributed by atoms with Gasteiger partial charge in [0.25, 0.3) is 0 Å². The first-order valence-electron chi connectivity index (χ1n) is 7.19. The summed E-state index contributed by atoms with van der Waals surface area (Å²) in [4.78, 5) is 23.6. The van der Waals surface area contributed by atoms with Crippen LogP contribution in [0.25, 0.3) is 0 Å². The Bertz CT molecular complexity index is 773. The smallest absolute Gasteiger partial charge is 0.317 e. The van der Waals surface area contributed by atoms with Crippen LogP contribution >= 0.6 is 11.6 Å². The number of amides is 2. The minimum absolute atomic E-state index is 0.0243. The summed E-state index contributed by atoms with van der Waals surface area (Å²) in [7, 11) is 0. The zero-order valence-corrected chi connectivity index (χ0v) is 13.6. The van der Waals surface area contributed by atoms with Gasteiger partial charge in [0.15, 0.2) is 0 Å². The van der Waals surface area contributed by atoms with Gasteiger partial charge in [-0.05, 0) is 30.2 Å². The van der Waals surface area contributed by atoms with Crippen molar-refractivity contribution in [1.82, 2.24) is 5.43 Å². The van der Waals surface area contributed by atoms with Crippen LogP contribution < -0.4 is 10.7 Å². The summed E-state index contributed by atoms with van der Waals surface area (Å²) in [5, 5.41) is 6.21. The van der Waals surface area contributed by atoms with Gasteiger partial charge in [-0.3, -0.25) is 9.59 Å². The number of carbonyl (C=O) groups is 2. The van der Waals surface area contributed by atoms with Crippen LogP contribution in [0.15, 0.2) is 47.6 Å². The third-order valence-corrected chi connectivity index (χ3v) is 3.54. The lowest BCUT2D eigenvalue weighted by molar-refractivity contribution is -0.136. The molecule has 2 amide bonds. The second-order valence-electron chi connectivity index (χ2n) is 4.80. The molecule has 124 valence electrons. The lowest BCUT2D eigenvalue weighted by Crippen LogP contribution is -2.32. The second-order valence-corrected chi connectivity index (χ2v) is 5.21. The van der Waals surface area contributed by atoms with Crippen LogP contribution in [-0.4, -0.2) is 18.0 Å². The van der Waals surface area contributed by atoms with Gasteiger partial charge in [0.2, 0.25) is 0 Å². The van der Waals surface area contributed by atoms with Gasteiger partial charge in [0, 0.05) is 11.3 Å². The fourth-order valence-corrected chi connectivity index (χ4v) is 2.18. The van der Waals surface area contributed by atoms with Crippen LogP contribution in [0.4, 0.5) is 10.1 Å². The molecule has 0 atom stereocenters. The number of hydrazone groups is 1. The van der Waals surface area contributed by atoms with Crippen LogP contribution in [0.2, 0.25) is 5.02 Å². The van der Waals surface area contributed by atoms with Crippen LogP contribution in [0.3, 0.4) is 0 Å². The highest BCUT2D eigenvalue weighted by Crippen LogP contribution is 2.16. The Hall–Kier alpha value is -2.73. The molecule has 0 aliphatic rings. The number of carbonyl (C=O) groups excluding carboxylic acids is 2. The number of para-hydroxylation sites is 1. The summed E-state index contributed by atoms with van der Waals surface area (Å²) in [6.07, 6.45) is 1.75. The maximum atomic E-state index is 13.5. The van der Waals surface area contributed by atoms with E-state index in [9.17, 15) is 14.0 Å². The van der Waals surface area contributed by atoms with E-state index in [2.05, 4.69) is 10.4 Å². The van der Waals surface area contributed by atoms with Crippen molar-refractivity contribution in [3.8, 4) is 0 Å². The van der Waals surface area contributed by atoms with Crippen molar-refractivity contribution in [2.75, 3.05) is 5.32 Å². The standard InChI is InChI=1S/C17H15ClFN3O2/c1-2-11-6-3-4-9-15(11)21-16(23)17(24)22-20-10-12-13(18)7-5-8-14(12)19/h3-10H,2H2,1H3,(H,21,23)(H,22,24)/b20-10+. The largest absolute Gasteiger partial charge is 0.329 e. The molecule has 2 aromatic carbocycles. The van der Waals surface area contributed by atoms with E-state index in [4.69, 9.17) is 11.6 Å². The summed E-state index contributed by atoms with van der Waals surface area (Å²) in [5.41, 5.74) is 3.52. The Labute approximate surface area is 143 Å². The maximum absolute atomic E-state index is 13.5. The van der Waals surface area contributed by atoms with Crippen molar-refractivity contribution in [3.63, 3.8) is 0 Å². The molecule has 2 aromatic rings. The molecular formula is C17H15ClFN3O2. The van der Waals surface area contributed by atoms with Crippen molar-refractivity contribution in [2.45, 2.75) is 13.3 Å². The second kappa shape index (κ2) is 8.21. The Morgan fingerprint density at radius 3 is 2.62 bits per heavy atom. The van der Waals surface area contributed by atoms with Gasteiger partial charge in [-0.25, -0.2) is 9.82 Å². The number of hydrogen-bond acceptors (Lipinski definition) is 3. The van der Waals surface area contributed by atoms with E-state index in [1.807, 2.05) is 24.5 Å². The van der Waals surface area contributed by atoms with Gasteiger partial charge in [-0.15, -0.1) is 0 Å². The van der Waals surface area contributed by atoms with Crippen molar-refractivity contribution < 1.29 is 14.0 Å². The molecular weight excluding hydrogens is 333 g/mol. The molecule has 0 spiro atoms. The van der Waals surface area contributed by atoms with Gasteiger partial charge in [0.1, 0.15) is 5.82 Å². The average Bonchev–Trinajstić information content (AvgIpc) is 2.57. The quantitative estimate of drug-likeness (QED) is 0.507. The first kappa shape index (κ1) is 17.6. The molecule has 0 aromatic heterocycles. The predicted octanol–water partition coefficient (Wildman–Crippen LogP) is 3.13. The van der Waals surface area contributed by atoms with Crippen molar-refractivity contribution in [1.29, 1.82) is 0 Å². The lowest BCUT2D eigenvalue weighted by Gasteiger charge is -2.08. The normalized spacial score (nSPS) is 10.6. The fourth-order valence-electron chi connectivity index (χ4n) is 1.97. The number of benzene rings is 2. The molecule has 0 fully saturated rings. The Morgan fingerprint density at radius 1 is 1.17 bits per heavy atom. The summed E-state index contributed by atoms with van der Waals surface area (Å²) in [5.74, 6) is -2.42. The molecule has 24 heavy (non-hydrogen) atoms. The first-order valence-corrected chi connectivity index (χ1v) is 7.57. The van der Waals surface area contributed by atoms with E-state index in [-0.39, 0.29) is 10.6 Å². The Morgan fingerprint density at radius 2 is 1.92 bits per heavy atom. The van der Waals surface area contributed by atoms with Crippen LogP contribution in [0, 0.1) is 5.82 Å². The number of aryl methyl sites for hydroxylation is 1. The van der Waals surface area contributed by atoms with Crippen molar-refractivity contribution >= 4 is 35.3 Å². The van der Waals surface area contributed by atoms with Gasteiger partial charge >= 0.3 is 11.8 Å². The van der Waals surface area contributed by atoms with Gasteiger partial charge in [-0.1, -0.05) is 42.8 Å². The van der Waals surface area contributed by atoms with Gasteiger partial charge in [0.05, 0.1) is 11.2 Å². The number of anilines is 1. The molecule has 7 heteroatoms. The van der Waals surface area contributed by atoms with E-state index < -0.39 is 17.6 Å². The Balaban J connectivity index is 1.99. The summed E-state index contributed by atoms with van der Waals surface area (Å²) < 4.78 is 13.5. The third-order valence-electron chi connectivity index (χ3n) is 3.21. The zero-order valence-electron chi connectivity index (χ0n) is 12.8. The van der Waals surface area contributed by atoms with Gasteiger partial charge < -0.3 is 5.32 Å². The fraction of sp³-hybridized carbons (Fsp3) is 0.118. The number of nitrogens with one attached hydrogen (secondary N) is 2. The number of rotatable bonds is 4. The van der Waals surface area contributed by atoms with Crippen LogP contribution in [0.5, 0.6) is 0 Å². The zero-order chi connectivity index (χ0) is 17.5. The van der Waals surface area contributed by atoms with Crippen LogP contribution in [0.1, 0.15) is 18.1 Å². The van der Waals surface area contributed by atoms with Crippen molar-refractivity contribution in [3.05, 3.63) is 64.4 Å². The first-order chi connectivity index (χ1) is 11.5. The maximum Gasteiger partial charge on any atom is 0.329 e. The summed E-state index contributed by atoms with van der Waals surface area (Å²) in [6.45, 7) is 1.94. The van der Waals surface area contributed by atoms with E-state index in [0.29, 0.717) is 12.1 Å². The van der Waals surface area contributed by atoms with Crippen molar-refractivity contribution in [2.24, 2.45) is 5.10 Å². The number of hydrogen-bond donors (Lipinski definition) is 2. The molecule has 0 saturated heterocycles. The average molecular weight is 348 g/mol. The summed E-state index contributed by atoms with van der Waals surface area (Å²) in [6, 6.07) is 11.3. The molecule has 2 rings (SSSR count). The number of halogens is 2. The van der Waals surface area contributed by atoms with E-state index in [1.54, 1.807) is 12.1 Å².